The van der Waals surface area contributed by atoms with Crippen molar-refractivity contribution in [2.45, 2.75) is 18.8 Å². The molecule has 1 amide bonds. The third kappa shape index (κ3) is 2.97. The summed E-state index contributed by atoms with van der Waals surface area (Å²) in [7, 11) is 1.35. The van der Waals surface area contributed by atoms with Crippen LogP contribution in [-0.2, 0) is 14.3 Å². The lowest BCUT2D eigenvalue weighted by Gasteiger charge is -2.36. The van der Waals surface area contributed by atoms with E-state index in [0.29, 0.717) is 24.8 Å². The van der Waals surface area contributed by atoms with Crippen LogP contribution in [0.5, 0.6) is 0 Å². The first-order valence-corrected chi connectivity index (χ1v) is 7.60. The van der Waals surface area contributed by atoms with Crippen molar-refractivity contribution >= 4 is 11.9 Å². The molecule has 1 aromatic heterocycles. The van der Waals surface area contributed by atoms with Gasteiger partial charge in [0.05, 0.1) is 26.2 Å². The molecular weight excluding hydrogens is 284 g/mol. The van der Waals surface area contributed by atoms with Gasteiger partial charge < -0.3 is 14.4 Å². The molecule has 118 valence electrons. The van der Waals surface area contributed by atoms with Crippen LogP contribution >= 0.6 is 0 Å². The van der Waals surface area contributed by atoms with Crippen molar-refractivity contribution in [1.29, 1.82) is 0 Å². The minimum absolute atomic E-state index is 0.0587. The summed E-state index contributed by atoms with van der Waals surface area (Å²) in [6, 6.07) is 3.74. The van der Waals surface area contributed by atoms with Crippen molar-refractivity contribution in [3.05, 3.63) is 29.6 Å². The Labute approximate surface area is 129 Å². The summed E-state index contributed by atoms with van der Waals surface area (Å²) < 4.78 is 9.79. The fraction of sp³-hybridized carbons (Fsp3) is 0.562. The molecule has 0 aliphatic carbocycles. The van der Waals surface area contributed by atoms with Crippen LogP contribution in [0.15, 0.2) is 18.3 Å². The summed E-state index contributed by atoms with van der Waals surface area (Å²) in [4.78, 5) is 29.7. The predicted octanol–water partition coefficient (Wildman–Crippen LogP) is 1.22. The molecule has 0 radical (unpaired) electrons. The summed E-state index contributed by atoms with van der Waals surface area (Å²) >= 11 is 0. The molecule has 1 aromatic rings. The van der Waals surface area contributed by atoms with Gasteiger partial charge in [-0.15, -0.1) is 0 Å². The zero-order valence-electron chi connectivity index (χ0n) is 12.7. The number of carbonyl (C=O) groups is 2. The van der Waals surface area contributed by atoms with E-state index >= 15 is 0 Å². The van der Waals surface area contributed by atoms with Crippen molar-refractivity contribution in [3.63, 3.8) is 0 Å². The van der Waals surface area contributed by atoms with Gasteiger partial charge in [-0.2, -0.15) is 0 Å². The normalized spacial score (nSPS) is 19.6. The lowest BCUT2D eigenvalue weighted by atomic mass is 9.89. The number of esters is 1. The maximum Gasteiger partial charge on any atom is 0.356 e. The molecule has 6 heteroatoms. The summed E-state index contributed by atoms with van der Waals surface area (Å²) in [5, 5.41) is 0. The number of hydrogen-bond acceptors (Lipinski definition) is 5. The van der Waals surface area contributed by atoms with Gasteiger partial charge >= 0.3 is 5.97 Å². The van der Waals surface area contributed by atoms with E-state index in [2.05, 4.69) is 4.98 Å². The summed E-state index contributed by atoms with van der Waals surface area (Å²) in [6.45, 7) is 2.64. The molecule has 2 saturated heterocycles. The zero-order chi connectivity index (χ0) is 15.5. The molecule has 0 unspecified atom stereocenters. The standard InChI is InChI=1S/C16H20N2O4/c1-21-16(20)14-8-12(2-5-17-14)11-3-6-18(7-4-11)15(19)13-9-22-10-13/h2,5,8,11,13H,3-4,6-7,9-10H2,1H3. The van der Waals surface area contributed by atoms with Crippen LogP contribution in [0.2, 0.25) is 0 Å². The lowest BCUT2D eigenvalue weighted by Crippen LogP contribution is -2.47. The number of likely N-dealkylation sites (tertiary alicyclic amines) is 1. The third-order valence-corrected chi connectivity index (χ3v) is 4.44. The maximum absolute atomic E-state index is 12.2. The number of rotatable bonds is 3. The number of hydrogen-bond donors (Lipinski definition) is 0. The van der Waals surface area contributed by atoms with Crippen molar-refractivity contribution in [1.82, 2.24) is 9.88 Å². The van der Waals surface area contributed by atoms with E-state index in [0.717, 1.165) is 31.5 Å². The number of methoxy groups -OCH3 is 1. The second kappa shape index (κ2) is 6.44. The van der Waals surface area contributed by atoms with E-state index in [1.54, 1.807) is 12.3 Å². The van der Waals surface area contributed by atoms with Crippen LogP contribution in [0.25, 0.3) is 0 Å². The number of piperidine rings is 1. The quantitative estimate of drug-likeness (QED) is 0.785. The highest BCUT2D eigenvalue weighted by Gasteiger charge is 2.33. The van der Waals surface area contributed by atoms with Gasteiger partial charge in [0.15, 0.2) is 0 Å². The topological polar surface area (TPSA) is 68.7 Å². The highest BCUT2D eigenvalue weighted by molar-refractivity contribution is 5.87. The summed E-state index contributed by atoms with van der Waals surface area (Å²) in [5.41, 5.74) is 1.43. The van der Waals surface area contributed by atoms with Crippen LogP contribution in [-0.4, -0.2) is 55.2 Å². The molecule has 0 spiro atoms. The first-order valence-electron chi connectivity index (χ1n) is 7.60. The van der Waals surface area contributed by atoms with Gasteiger partial charge in [-0.25, -0.2) is 9.78 Å². The number of ether oxygens (including phenoxy) is 2. The van der Waals surface area contributed by atoms with Crippen molar-refractivity contribution < 1.29 is 19.1 Å². The molecule has 3 heterocycles. The van der Waals surface area contributed by atoms with E-state index in [9.17, 15) is 9.59 Å². The molecule has 0 saturated carbocycles. The van der Waals surface area contributed by atoms with Gasteiger partial charge in [-0.3, -0.25) is 4.79 Å². The van der Waals surface area contributed by atoms with Crippen LogP contribution < -0.4 is 0 Å². The molecule has 0 bridgehead atoms. The molecule has 2 fully saturated rings. The fourth-order valence-corrected chi connectivity index (χ4v) is 2.99. The van der Waals surface area contributed by atoms with E-state index in [1.807, 2.05) is 11.0 Å². The van der Waals surface area contributed by atoms with Gasteiger partial charge in [0.2, 0.25) is 5.91 Å². The summed E-state index contributed by atoms with van der Waals surface area (Å²) in [6.07, 6.45) is 3.46. The largest absolute Gasteiger partial charge is 0.464 e. The third-order valence-electron chi connectivity index (χ3n) is 4.44. The van der Waals surface area contributed by atoms with Crippen molar-refractivity contribution in [3.8, 4) is 0 Å². The van der Waals surface area contributed by atoms with Gasteiger partial charge in [-0.1, -0.05) is 0 Å². The predicted molar refractivity (Wildman–Crippen MR) is 78.4 cm³/mol. The van der Waals surface area contributed by atoms with Crippen molar-refractivity contribution in [2.75, 3.05) is 33.4 Å². The monoisotopic (exact) mass is 304 g/mol. The number of amides is 1. The maximum atomic E-state index is 12.2. The van der Waals surface area contributed by atoms with Crippen LogP contribution in [0.1, 0.15) is 34.8 Å². The van der Waals surface area contributed by atoms with Gasteiger partial charge in [0.25, 0.3) is 0 Å². The Kier molecular flexibility index (Phi) is 4.38. The Balaban J connectivity index is 1.61. The van der Waals surface area contributed by atoms with Gasteiger partial charge in [0, 0.05) is 19.3 Å². The fourth-order valence-electron chi connectivity index (χ4n) is 2.99. The summed E-state index contributed by atoms with van der Waals surface area (Å²) in [5.74, 6) is 0.214. The molecular formula is C16H20N2O4. The molecule has 0 aromatic carbocycles. The zero-order valence-corrected chi connectivity index (χ0v) is 12.7. The molecule has 0 N–H and O–H groups in total. The smallest absolute Gasteiger partial charge is 0.356 e. The average Bonchev–Trinajstić information content (AvgIpc) is 2.52. The average molecular weight is 304 g/mol. The second-order valence-corrected chi connectivity index (χ2v) is 5.80. The molecule has 2 aliphatic heterocycles. The molecule has 0 atom stereocenters. The Morgan fingerprint density at radius 3 is 2.64 bits per heavy atom. The minimum atomic E-state index is -0.417. The highest BCUT2D eigenvalue weighted by Crippen LogP contribution is 2.29. The van der Waals surface area contributed by atoms with Gasteiger partial charge in [-0.05, 0) is 36.5 Å². The number of pyridine rings is 1. The Hall–Kier alpha value is -1.95. The van der Waals surface area contributed by atoms with Crippen LogP contribution in [0.3, 0.4) is 0 Å². The number of carbonyl (C=O) groups excluding carboxylic acids is 2. The number of nitrogens with zero attached hydrogens (tertiary/aromatic N) is 2. The minimum Gasteiger partial charge on any atom is -0.464 e. The van der Waals surface area contributed by atoms with E-state index in [4.69, 9.17) is 9.47 Å². The lowest BCUT2D eigenvalue weighted by molar-refractivity contribution is -0.150. The Morgan fingerprint density at radius 1 is 1.32 bits per heavy atom. The SMILES string of the molecule is COC(=O)c1cc(C2CCN(C(=O)C3COC3)CC2)ccn1. The molecule has 3 rings (SSSR count). The second-order valence-electron chi connectivity index (χ2n) is 5.80. The van der Waals surface area contributed by atoms with E-state index in [-0.39, 0.29) is 11.8 Å². The first-order chi connectivity index (χ1) is 10.7. The first kappa shape index (κ1) is 15.0. The Morgan fingerprint density at radius 2 is 2.05 bits per heavy atom. The number of aromatic nitrogens is 1. The molecule has 6 nitrogen and oxygen atoms in total. The van der Waals surface area contributed by atoms with E-state index in [1.165, 1.54) is 7.11 Å². The van der Waals surface area contributed by atoms with Crippen LogP contribution in [0.4, 0.5) is 0 Å². The molecule has 22 heavy (non-hydrogen) atoms. The highest BCUT2D eigenvalue weighted by atomic mass is 16.5. The van der Waals surface area contributed by atoms with Gasteiger partial charge in [0.1, 0.15) is 5.69 Å². The Bertz CT molecular complexity index is 563. The van der Waals surface area contributed by atoms with E-state index < -0.39 is 5.97 Å². The molecule has 2 aliphatic rings. The van der Waals surface area contributed by atoms with Crippen LogP contribution in [0, 0.1) is 5.92 Å². The van der Waals surface area contributed by atoms with Crippen molar-refractivity contribution in [2.24, 2.45) is 5.92 Å².